The Bertz CT molecular complexity index is 3530. The number of benzene rings is 8. The van der Waals surface area contributed by atoms with Crippen LogP contribution in [0.1, 0.15) is 22.9 Å². The second-order valence-corrected chi connectivity index (χ2v) is 15.8. The molecule has 8 aromatic carbocycles. The van der Waals surface area contributed by atoms with Crippen LogP contribution >= 0.6 is 0 Å². The maximum atomic E-state index is 5.04. The molecule has 6 nitrogen and oxygen atoms in total. The van der Waals surface area contributed by atoms with Gasteiger partial charge in [0.1, 0.15) is 12.0 Å². The zero-order valence-electron chi connectivity index (χ0n) is 33.6. The number of pyridine rings is 1. The van der Waals surface area contributed by atoms with Gasteiger partial charge in [0.2, 0.25) is 0 Å². The van der Waals surface area contributed by atoms with E-state index in [0.717, 1.165) is 56.1 Å². The molecule has 0 amide bonds. The van der Waals surface area contributed by atoms with Crippen LogP contribution in [0.3, 0.4) is 0 Å². The molecule has 3 aromatic heterocycles. The molecule has 6 heteroatoms. The third-order valence-corrected chi connectivity index (χ3v) is 12.1. The minimum absolute atomic E-state index is 0.282. The Kier molecular flexibility index (Phi) is 8.45. The van der Waals surface area contributed by atoms with E-state index in [1.165, 1.54) is 43.7 Å². The summed E-state index contributed by atoms with van der Waals surface area (Å²) in [5.74, 6) is 1.43. The third kappa shape index (κ3) is 6.08. The van der Waals surface area contributed by atoms with Crippen LogP contribution < -0.4 is 5.32 Å². The highest BCUT2D eigenvalue weighted by molar-refractivity contribution is 6.14. The number of aromatic nitrogens is 3. The van der Waals surface area contributed by atoms with Crippen molar-refractivity contribution in [1.82, 2.24) is 19.4 Å². The number of hydrogen-bond acceptors (Lipinski definition) is 4. The molecule has 11 aromatic rings. The fraction of sp³-hybridized carbons (Fsp3) is 0.0179. The number of rotatable bonds is 7. The molecule has 1 aliphatic rings. The fourth-order valence-electron chi connectivity index (χ4n) is 9.08. The molecule has 0 fully saturated rings. The van der Waals surface area contributed by atoms with Crippen molar-refractivity contribution in [1.29, 1.82) is 0 Å². The first-order valence-corrected chi connectivity index (χ1v) is 21.0. The molecular weight excluding hydrogens is 757 g/mol. The quantitative estimate of drug-likeness (QED) is 0.175. The van der Waals surface area contributed by atoms with Gasteiger partial charge in [-0.15, -0.1) is 0 Å². The minimum atomic E-state index is -0.282. The standard InChI is InChI=1S/C56H38N6/c1-4-14-38(15-5-1)54-58-55(39-16-6-2-7-17-39)60-56(59-54)43-32-42(35-57-36-43)40-27-31-52-49(33-40)47-21-11-13-23-51(47)61(52)45-28-24-37(25-29-45)41-26-30-48-46-20-10-12-22-50(46)62(53(48)34-41)44-18-8-3-9-19-44/h1-36,54H,(H,58,59,60). The lowest BCUT2D eigenvalue weighted by Gasteiger charge is -2.23. The largest absolute Gasteiger partial charge is 0.344 e. The number of amidine groups is 2. The van der Waals surface area contributed by atoms with E-state index in [0.29, 0.717) is 5.84 Å². The van der Waals surface area contributed by atoms with Crippen LogP contribution in [0.25, 0.3) is 77.2 Å². The van der Waals surface area contributed by atoms with Gasteiger partial charge in [0.15, 0.2) is 5.84 Å². The molecule has 0 spiro atoms. The topological polar surface area (TPSA) is 59.5 Å². The highest BCUT2D eigenvalue weighted by Crippen LogP contribution is 2.38. The van der Waals surface area contributed by atoms with E-state index in [9.17, 15) is 0 Å². The van der Waals surface area contributed by atoms with Crippen LogP contribution in [0, 0.1) is 0 Å². The minimum Gasteiger partial charge on any atom is -0.344 e. The molecule has 292 valence electrons. The van der Waals surface area contributed by atoms with E-state index in [-0.39, 0.29) is 6.17 Å². The molecule has 0 saturated heterocycles. The first kappa shape index (κ1) is 35.6. The van der Waals surface area contributed by atoms with Crippen molar-refractivity contribution in [3.8, 4) is 33.6 Å². The van der Waals surface area contributed by atoms with E-state index in [1.807, 2.05) is 48.8 Å². The van der Waals surface area contributed by atoms with Crippen LogP contribution in [0.4, 0.5) is 0 Å². The second kappa shape index (κ2) is 14.7. The Balaban J connectivity index is 0.904. The van der Waals surface area contributed by atoms with E-state index in [2.05, 4.69) is 184 Å². The molecule has 1 N–H and O–H groups in total. The summed E-state index contributed by atoms with van der Waals surface area (Å²) in [6.07, 6.45) is 3.53. The van der Waals surface area contributed by atoms with Crippen LogP contribution in [-0.2, 0) is 0 Å². The first-order valence-electron chi connectivity index (χ1n) is 21.0. The summed E-state index contributed by atoms with van der Waals surface area (Å²) in [4.78, 5) is 14.8. The van der Waals surface area contributed by atoms with Gasteiger partial charge in [-0.05, 0) is 82.9 Å². The number of aliphatic imine (C=N–C) groups is 2. The van der Waals surface area contributed by atoms with Gasteiger partial charge < -0.3 is 14.5 Å². The van der Waals surface area contributed by atoms with Gasteiger partial charge in [0.05, 0.1) is 22.1 Å². The summed E-state index contributed by atoms with van der Waals surface area (Å²) in [6.45, 7) is 0. The average Bonchev–Trinajstić information content (AvgIpc) is 3.87. The molecule has 1 aliphatic heterocycles. The molecule has 0 saturated carbocycles. The summed E-state index contributed by atoms with van der Waals surface area (Å²) < 4.78 is 4.75. The third-order valence-electron chi connectivity index (χ3n) is 12.1. The monoisotopic (exact) mass is 794 g/mol. The van der Waals surface area contributed by atoms with Crippen molar-refractivity contribution >= 4 is 55.3 Å². The molecule has 1 atom stereocenters. The van der Waals surface area contributed by atoms with Gasteiger partial charge in [-0.25, -0.2) is 9.98 Å². The molecule has 4 heterocycles. The molecular formula is C56H38N6. The van der Waals surface area contributed by atoms with Crippen molar-refractivity contribution in [2.24, 2.45) is 9.98 Å². The number of para-hydroxylation sites is 3. The number of nitrogens with one attached hydrogen (secondary N) is 1. The Morgan fingerprint density at radius 3 is 1.68 bits per heavy atom. The van der Waals surface area contributed by atoms with E-state index >= 15 is 0 Å². The van der Waals surface area contributed by atoms with Gasteiger partial charge in [-0.2, -0.15) is 0 Å². The van der Waals surface area contributed by atoms with Crippen molar-refractivity contribution in [3.05, 3.63) is 235 Å². The SMILES string of the molecule is c1ccc(C2=NC(c3ccccc3)NC(c3cncc(-c4ccc5c(c4)c4ccccc4n5-c4ccc(-c5ccc6c7ccccc7n(-c7ccccc7)c6c5)cc4)c3)=N2)cc1. The van der Waals surface area contributed by atoms with Crippen LogP contribution in [0.2, 0.25) is 0 Å². The van der Waals surface area contributed by atoms with E-state index < -0.39 is 0 Å². The summed E-state index contributed by atoms with van der Waals surface area (Å²) in [5, 5.41) is 8.48. The molecule has 0 radical (unpaired) electrons. The van der Waals surface area contributed by atoms with Crippen molar-refractivity contribution in [2.75, 3.05) is 0 Å². The van der Waals surface area contributed by atoms with E-state index in [1.54, 1.807) is 0 Å². The normalized spacial score (nSPS) is 14.0. The van der Waals surface area contributed by atoms with Gasteiger partial charge in [0.25, 0.3) is 0 Å². The van der Waals surface area contributed by atoms with Gasteiger partial charge in [0, 0.05) is 62.0 Å². The van der Waals surface area contributed by atoms with E-state index in [4.69, 9.17) is 15.0 Å². The number of nitrogens with zero attached hydrogens (tertiary/aromatic N) is 5. The van der Waals surface area contributed by atoms with Gasteiger partial charge >= 0.3 is 0 Å². The highest BCUT2D eigenvalue weighted by atomic mass is 15.2. The van der Waals surface area contributed by atoms with Crippen LogP contribution in [0.5, 0.6) is 0 Å². The van der Waals surface area contributed by atoms with Gasteiger partial charge in [-0.1, -0.05) is 146 Å². The van der Waals surface area contributed by atoms with Crippen LogP contribution in [0.15, 0.2) is 229 Å². The second-order valence-electron chi connectivity index (χ2n) is 15.8. The number of hydrogen-bond donors (Lipinski definition) is 1. The maximum Gasteiger partial charge on any atom is 0.159 e. The summed E-state index contributed by atoms with van der Waals surface area (Å²) in [6, 6.07) is 73.2. The zero-order chi connectivity index (χ0) is 41.0. The fourth-order valence-corrected chi connectivity index (χ4v) is 9.08. The van der Waals surface area contributed by atoms with Crippen molar-refractivity contribution < 1.29 is 0 Å². The highest BCUT2D eigenvalue weighted by Gasteiger charge is 2.22. The lowest BCUT2D eigenvalue weighted by Crippen LogP contribution is -2.33. The Morgan fingerprint density at radius 2 is 0.919 bits per heavy atom. The Labute approximate surface area is 358 Å². The van der Waals surface area contributed by atoms with Crippen molar-refractivity contribution in [3.63, 3.8) is 0 Å². The molecule has 0 aliphatic carbocycles. The molecule has 1 unspecified atom stereocenters. The summed E-state index contributed by atoms with van der Waals surface area (Å²) in [5.41, 5.74) is 14.4. The molecule has 12 rings (SSSR count). The lowest BCUT2D eigenvalue weighted by molar-refractivity contribution is 0.674. The average molecular weight is 795 g/mol. The zero-order valence-corrected chi connectivity index (χ0v) is 33.6. The van der Waals surface area contributed by atoms with Crippen LogP contribution in [-0.4, -0.2) is 25.8 Å². The predicted molar refractivity (Wildman–Crippen MR) is 256 cm³/mol. The number of fused-ring (bicyclic) bond motifs is 6. The first-order chi connectivity index (χ1) is 30.7. The van der Waals surface area contributed by atoms with Crippen molar-refractivity contribution in [2.45, 2.75) is 6.17 Å². The predicted octanol–water partition coefficient (Wildman–Crippen LogP) is 13.1. The smallest absolute Gasteiger partial charge is 0.159 e. The Morgan fingerprint density at radius 1 is 0.371 bits per heavy atom. The maximum absolute atomic E-state index is 5.04. The molecule has 0 bridgehead atoms. The molecule has 62 heavy (non-hydrogen) atoms. The lowest BCUT2D eigenvalue weighted by atomic mass is 10.0. The summed E-state index contributed by atoms with van der Waals surface area (Å²) >= 11 is 0. The van der Waals surface area contributed by atoms with Gasteiger partial charge in [-0.3, -0.25) is 4.98 Å². The Hall–Kier alpha value is -8.35. The summed E-state index contributed by atoms with van der Waals surface area (Å²) in [7, 11) is 0.